The Hall–Kier alpha value is -4.65. The number of hydrogen-bond donors (Lipinski definition) is 5. The van der Waals surface area contributed by atoms with Gasteiger partial charge in [0.05, 0.1) is 16.0 Å². The van der Waals surface area contributed by atoms with E-state index >= 15 is 0 Å². The molecule has 0 spiro atoms. The first kappa shape index (κ1) is 22.0. The number of nitro groups is 1. The van der Waals surface area contributed by atoms with Crippen LogP contribution in [0, 0.1) is 10.1 Å². The van der Waals surface area contributed by atoms with E-state index in [1.807, 2.05) is 5.43 Å². The van der Waals surface area contributed by atoms with Crippen LogP contribution in [-0.2, 0) is 4.79 Å². The number of hydrazone groups is 1. The normalized spacial score (nSPS) is 12.2. The zero-order chi connectivity index (χ0) is 23.4. The minimum Gasteiger partial charge on any atom is -0.382 e. The second-order valence-electron chi connectivity index (χ2n) is 6.55. The SMILES string of the molecule is CC(=O)Nc1ccc([C@H](O)/C(=N/NC(N)=O)c2nc3ccc([N+](=O)[O-])cc3[nH]c2=O)cc1. The van der Waals surface area contributed by atoms with Crippen molar-refractivity contribution < 1.29 is 19.6 Å². The molecule has 164 valence electrons. The lowest BCUT2D eigenvalue weighted by Gasteiger charge is -2.14. The average Bonchev–Trinajstić information content (AvgIpc) is 2.73. The van der Waals surface area contributed by atoms with Gasteiger partial charge < -0.3 is 21.1 Å². The Labute approximate surface area is 179 Å². The first-order valence-corrected chi connectivity index (χ1v) is 9.03. The number of benzene rings is 2. The van der Waals surface area contributed by atoms with E-state index in [0.717, 1.165) is 6.07 Å². The molecule has 2 aromatic carbocycles. The molecule has 3 amide bonds. The van der Waals surface area contributed by atoms with E-state index in [4.69, 9.17) is 5.73 Å². The van der Waals surface area contributed by atoms with Gasteiger partial charge in [0.15, 0.2) is 5.69 Å². The van der Waals surface area contributed by atoms with E-state index in [1.165, 1.54) is 43.3 Å². The molecule has 0 saturated heterocycles. The highest BCUT2D eigenvalue weighted by Crippen LogP contribution is 2.21. The van der Waals surface area contributed by atoms with Crippen molar-refractivity contribution >= 4 is 40.1 Å². The van der Waals surface area contributed by atoms with Crippen LogP contribution in [0.25, 0.3) is 11.0 Å². The summed E-state index contributed by atoms with van der Waals surface area (Å²) in [5.74, 6) is -0.279. The fraction of sp³-hybridized carbons (Fsp3) is 0.105. The van der Waals surface area contributed by atoms with Crippen molar-refractivity contribution in [3.63, 3.8) is 0 Å². The van der Waals surface area contributed by atoms with Crippen molar-refractivity contribution in [2.45, 2.75) is 13.0 Å². The van der Waals surface area contributed by atoms with Crippen molar-refractivity contribution in [1.82, 2.24) is 15.4 Å². The molecule has 0 fully saturated rings. The zero-order valence-corrected chi connectivity index (χ0v) is 16.5. The number of amides is 3. The number of anilines is 1. The maximum atomic E-state index is 12.6. The van der Waals surface area contributed by atoms with Crippen LogP contribution in [0.4, 0.5) is 16.2 Å². The number of carbonyl (C=O) groups excluding carboxylic acids is 2. The molecule has 13 nitrogen and oxygen atoms in total. The lowest BCUT2D eigenvalue weighted by atomic mass is 10.0. The summed E-state index contributed by atoms with van der Waals surface area (Å²) in [7, 11) is 0. The molecule has 1 atom stereocenters. The van der Waals surface area contributed by atoms with Gasteiger partial charge in [0.25, 0.3) is 11.2 Å². The monoisotopic (exact) mass is 439 g/mol. The molecule has 6 N–H and O–H groups in total. The van der Waals surface area contributed by atoms with Crippen molar-refractivity contribution in [3.8, 4) is 0 Å². The molecule has 0 aliphatic rings. The average molecular weight is 439 g/mol. The van der Waals surface area contributed by atoms with Crippen molar-refractivity contribution in [2.24, 2.45) is 10.8 Å². The highest BCUT2D eigenvalue weighted by atomic mass is 16.6. The predicted molar refractivity (Wildman–Crippen MR) is 114 cm³/mol. The highest BCUT2D eigenvalue weighted by molar-refractivity contribution is 6.03. The van der Waals surface area contributed by atoms with Crippen molar-refractivity contribution in [2.75, 3.05) is 5.32 Å². The Morgan fingerprint density at radius 2 is 1.94 bits per heavy atom. The number of nitrogens with two attached hydrogens (primary N) is 1. The van der Waals surface area contributed by atoms with Gasteiger partial charge in [-0.2, -0.15) is 5.10 Å². The van der Waals surface area contributed by atoms with Gasteiger partial charge in [0, 0.05) is 24.7 Å². The third-order valence-corrected chi connectivity index (χ3v) is 4.22. The molecular weight excluding hydrogens is 422 g/mol. The summed E-state index contributed by atoms with van der Waals surface area (Å²) in [6.45, 7) is 1.34. The fourth-order valence-corrected chi connectivity index (χ4v) is 2.83. The maximum absolute atomic E-state index is 12.6. The summed E-state index contributed by atoms with van der Waals surface area (Å²) in [6, 6.07) is 8.63. The van der Waals surface area contributed by atoms with Gasteiger partial charge in [0.1, 0.15) is 11.8 Å². The van der Waals surface area contributed by atoms with E-state index in [-0.39, 0.29) is 39.6 Å². The van der Waals surface area contributed by atoms with Crippen LogP contribution >= 0.6 is 0 Å². The third kappa shape index (κ3) is 4.91. The van der Waals surface area contributed by atoms with Crippen LogP contribution in [0.3, 0.4) is 0 Å². The van der Waals surface area contributed by atoms with Gasteiger partial charge in [-0.1, -0.05) is 12.1 Å². The van der Waals surface area contributed by atoms with Crippen LogP contribution < -0.4 is 22.0 Å². The molecule has 0 aliphatic carbocycles. The number of rotatable bonds is 6. The number of primary amides is 1. The van der Waals surface area contributed by atoms with Crippen LogP contribution in [-0.4, -0.2) is 37.6 Å². The summed E-state index contributed by atoms with van der Waals surface area (Å²) < 4.78 is 0. The lowest BCUT2D eigenvalue weighted by molar-refractivity contribution is -0.384. The van der Waals surface area contributed by atoms with E-state index in [9.17, 15) is 29.6 Å². The number of hydrogen-bond acceptors (Lipinski definition) is 8. The Bertz CT molecular complexity index is 1300. The van der Waals surface area contributed by atoms with Gasteiger partial charge in [-0.05, 0) is 23.8 Å². The number of nitrogens with zero attached hydrogens (tertiary/aromatic N) is 3. The standard InChI is InChI=1S/C19H17N7O6/c1-9(27)21-11-4-2-10(3-5-11)17(28)15(24-25-19(20)30)16-18(29)23-14-8-12(26(31)32)6-7-13(14)22-16/h2-8,17,28H,1H3,(H,21,27)(H,23,29)(H3,20,25,30)/b24-15+/t17-/m0/s1. The predicted octanol–water partition coefficient (Wildman–Crippen LogP) is 0.896. The number of carbonyl (C=O) groups is 2. The minimum atomic E-state index is -1.52. The summed E-state index contributed by atoms with van der Waals surface area (Å²) in [5.41, 5.74) is 6.33. The molecule has 0 saturated carbocycles. The summed E-state index contributed by atoms with van der Waals surface area (Å²) in [4.78, 5) is 51.9. The number of urea groups is 1. The molecule has 0 aliphatic heterocycles. The lowest BCUT2D eigenvalue weighted by Crippen LogP contribution is -2.31. The number of fused-ring (bicyclic) bond motifs is 1. The molecular formula is C19H17N7O6. The first-order valence-electron chi connectivity index (χ1n) is 9.03. The second-order valence-corrected chi connectivity index (χ2v) is 6.55. The number of non-ortho nitro benzene ring substituents is 1. The number of aromatic nitrogens is 2. The molecule has 0 radical (unpaired) electrons. The van der Waals surface area contributed by atoms with E-state index in [1.54, 1.807) is 0 Å². The molecule has 0 unspecified atom stereocenters. The van der Waals surface area contributed by atoms with Crippen LogP contribution in [0.15, 0.2) is 52.4 Å². The second kappa shape index (κ2) is 9.01. The molecule has 1 aromatic heterocycles. The van der Waals surface area contributed by atoms with Crippen molar-refractivity contribution in [1.29, 1.82) is 0 Å². The Kier molecular flexibility index (Phi) is 6.21. The van der Waals surface area contributed by atoms with Crippen LogP contribution in [0.2, 0.25) is 0 Å². The van der Waals surface area contributed by atoms with Crippen LogP contribution in [0.1, 0.15) is 24.3 Å². The molecule has 13 heteroatoms. The number of H-pyrrole nitrogens is 1. The highest BCUT2D eigenvalue weighted by Gasteiger charge is 2.23. The number of nitro benzene ring substituents is 1. The first-order chi connectivity index (χ1) is 15.2. The van der Waals surface area contributed by atoms with Gasteiger partial charge in [0.2, 0.25) is 5.91 Å². The number of nitrogens with one attached hydrogen (secondary N) is 3. The van der Waals surface area contributed by atoms with Gasteiger partial charge in [-0.25, -0.2) is 15.2 Å². The molecule has 1 heterocycles. The number of aromatic amines is 1. The largest absolute Gasteiger partial charge is 0.382 e. The summed E-state index contributed by atoms with van der Waals surface area (Å²) >= 11 is 0. The van der Waals surface area contributed by atoms with Crippen molar-refractivity contribution in [3.05, 3.63) is 74.2 Å². The van der Waals surface area contributed by atoms with E-state index in [0.29, 0.717) is 5.69 Å². The topological polar surface area (TPSA) is 206 Å². The minimum absolute atomic E-state index is 0.101. The molecule has 3 aromatic rings. The zero-order valence-electron chi connectivity index (χ0n) is 16.5. The quantitative estimate of drug-likeness (QED) is 0.213. The summed E-state index contributed by atoms with van der Waals surface area (Å²) in [5, 5.41) is 28.1. The maximum Gasteiger partial charge on any atom is 0.332 e. The van der Waals surface area contributed by atoms with E-state index < -0.39 is 22.6 Å². The summed E-state index contributed by atoms with van der Waals surface area (Å²) in [6.07, 6.45) is -1.52. The molecule has 0 bridgehead atoms. The number of aliphatic hydroxyl groups excluding tert-OH is 1. The Balaban J connectivity index is 2.07. The molecule has 3 rings (SSSR count). The van der Waals surface area contributed by atoms with Gasteiger partial charge in [-0.3, -0.25) is 19.7 Å². The van der Waals surface area contributed by atoms with E-state index in [2.05, 4.69) is 20.4 Å². The smallest absolute Gasteiger partial charge is 0.332 e. The molecule has 32 heavy (non-hydrogen) atoms. The Morgan fingerprint density at radius 3 is 2.53 bits per heavy atom. The number of aliphatic hydroxyl groups is 1. The van der Waals surface area contributed by atoms with Gasteiger partial charge >= 0.3 is 6.03 Å². The van der Waals surface area contributed by atoms with Crippen LogP contribution in [0.5, 0.6) is 0 Å². The fourth-order valence-electron chi connectivity index (χ4n) is 2.83. The third-order valence-electron chi connectivity index (χ3n) is 4.22. The Morgan fingerprint density at radius 1 is 1.25 bits per heavy atom. The van der Waals surface area contributed by atoms with Gasteiger partial charge in [-0.15, -0.1) is 0 Å².